The Kier molecular flexibility index (Phi) is 4.75. The molecule has 0 radical (unpaired) electrons. The minimum Gasteiger partial charge on any atom is -0.457 e. The third-order valence-corrected chi connectivity index (χ3v) is 7.20. The van der Waals surface area contributed by atoms with Gasteiger partial charge in [0.15, 0.2) is 11.5 Å². The summed E-state index contributed by atoms with van der Waals surface area (Å²) in [7, 11) is 0. The number of ether oxygens (including phenoxy) is 3. The zero-order chi connectivity index (χ0) is 22.0. The van der Waals surface area contributed by atoms with Gasteiger partial charge in [0.25, 0.3) is 0 Å². The molecule has 2 fully saturated rings. The van der Waals surface area contributed by atoms with Gasteiger partial charge in [0.05, 0.1) is 0 Å². The van der Waals surface area contributed by atoms with Crippen LogP contribution in [0.15, 0.2) is 6.07 Å². The molecule has 2 heterocycles. The van der Waals surface area contributed by atoms with Gasteiger partial charge in [0.1, 0.15) is 11.5 Å². The highest BCUT2D eigenvalue weighted by Gasteiger charge is 2.65. The van der Waals surface area contributed by atoms with Crippen molar-refractivity contribution >= 4 is 17.9 Å². The third-order valence-electron chi connectivity index (χ3n) is 7.20. The van der Waals surface area contributed by atoms with E-state index in [-0.39, 0.29) is 40.8 Å². The molecule has 2 bridgehead atoms. The summed E-state index contributed by atoms with van der Waals surface area (Å²) >= 11 is 0. The quantitative estimate of drug-likeness (QED) is 0.526. The van der Waals surface area contributed by atoms with Crippen LogP contribution in [0.2, 0.25) is 0 Å². The fourth-order valence-electron chi connectivity index (χ4n) is 6.01. The SMILES string of the molecule is CC(=O)Oc1c(C(C)C)cc2c(c1OC(C)=O)[C@@]13CCCC(C)(C)[C@@H]1C[C@@H]2OC3=O. The summed E-state index contributed by atoms with van der Waals surface area (Å²) in [5, 5.41) is 0. The molecule has 2 aliphatic carbocycles. The largest absolute Gasteiger partial charge is 0.457 e. The molecule has 1 spiro atoms. The van der Waals surface area contributed by atoms with Crippen LogP contribution in [0.1, 0.15) is 95.9 Å². The van der Waals surface area contributed by atoms with E-state index in [0.29, 0.717) is 12.0 Å². The number of fused-ring (bicyclic) bond motifs is 1. The zero-order valence-electron chi connectivity index (χ0n) is 18.6. The van der Waals surface area contributed by atoms with E-state index in [1.165, 1.54) is 13.8 Å². The second-order valence-electron chi connectivity index (χ2n) is 9.93. The fraction of sp³-hybridized carbons (Fsp3) is 0.625. The first-order valence-corrected chi connectivity index (χ1v) is 10.8. The van der Waals surface area contributed by atoms with Gasteiger partial charge in [-0.25, -0.2) is 0 Å². The van der Waals surface area contributed by atoms with Gasteiger partial charge in [-0.3, -0.25) is 14.4 Å². The topological polar surface area (TPSA) is 78.9 Å². The number of esters is 3. The maximum Gasteiger partial charge on any atom is 0.317 e. The maximum absolute atomic E-state index is 13.4. The highest BCUT2D eigenvalue weighted by atomic mass is 16.6. The molecule has 162 valence electrons. The fourth-order valence-corrected chi connectivity index (χ4v) is 6.01. The van der Waals surface area contributed by atoms with Crippen LogP contribution in [0, 0.1) is 11.3 Å². The van der Waals surface area contributed by atoms with Gasteiger partial charge in [0.2, 0.25) is 0 Å². The van der Waals surface area contributed by atoms with Crippen molar-refractivity contribution in [2.24, 2.45) is 11.3 Å². The van der Waals surface area contributed by atoms with E-state index in [1.807, 2.05) is 19.9 Å². The molecule has 1 saturated carbocycles. The molecule has 0 N–H and O–H groups in total. The van der Waals surface area contributed by atoms with E-state index >= 15 is 0 Å². The predicted molar refractivity (Wildman–Crippen MR) is 109 cm³/mol. The Bertz CT molecular complexity index is 944. The average molecular weight is 414 g/mol. The number of carbonyl (C=O) groups excluding carboxylic acids is 3. The summed E-state index contributed by atoms with van der Waals surface area (Å²) in [5.74, 6) is -0.681. The Morgan fingerprint density at radius 2 is 1.73 bits per heavy atom. The minimum absolute atomic E-state index is 0.0196. The molecular formula is C24H30O6. The van der Waals surface area contributed by atoms with Crippen LogP contribution in [0.25, 0.3) is 0 Å². The number of benzene rings is 1. The van der Waals surface area contributed by atoms with E-state index < -0.39 is 17.4 Å². The Labute approximate surface area is 177 Å². The molecule has 30 heavy (non-hydrogen) atoms. The smallest absolute Gasteiger partial charge is 0.317 e. The van der Waals surface area contributed by atoms with Crippen molar-refractivity contribution in [2.45, 2.75) is 84.7 Å². The van der Waals surface area contributed by atoms with Crippen LogP contribution in [-0.4, -0.2) is 17.9 Å². The molecule has 1 saturated heterocycles. The molecule has 6 nitrogen and oxygen atoms in total. The summed E-state index contributed by atoms with van der Waals surface area (Å²) in [6.45, 7) is 11.0. The van der Waals surface area contributed by atoms with Gasteiger partial charge < -0.3 is 14.2 Å². The zero-order valence-corrected chi connectivity index (χ0v) is 18.6. The third kappa shape index (κ3) is 2.87. The lowest BCUT2D eigenvalue weighted by Gasteiger charge is -2.59. The molecule has 6 heteroatoms. The highest BCUT2D eigenvalue weighted by Crippen LogP contribution is 2.66. The predicted octanol–water partition coefficient (Wildman–Crippen LogP) is 4.73. The van der Waals surface area contributed by atoms with E-state index in [4.69, 9.17) is 14.2 Å². The summed E-state index contributed by atoms with van der Waals surface area (Å²) in [6, 6.07) is 1.99. The molecule has 4 aliphatic rings. The van der Waals surface area contributed by atoms with Gasteiger partial charge in [-0.05, 0) is 42.6 Å². The first kappa shape index (κ1) is 20.9. The lowest BCUT2D eigenvalue weighted by Crippen LogP contribution is -2.60. The summed E-state index contributed by atoms with van der Waals surface area (Å²) in [6.07, 6.45) is 2.91. The second kappa shape index (κ2) is 6.82. The Morgan fingerprint density at radius 1 is 1.10 bits per heavy atom. The molecule has 3 atom stereocenters. The van der Waals surface area contributed by atoms with Crippen molar-refractivity contribution in [3.63, 3.8) is 0 Å². The van der Waals surface area contributed by atoms with E-state index in [9.17, 15) is 14.4 Å². The molecule has 2 aliphatic heterocycles. The molecule has 1 aromatic carbocycles. The van der Waals surface area contributed by atoms with E-state index in [1.54, 1.807) is 0 Å². The minimum atomic E-state index is -0.888. The average Bonchev–Trinajstić information content (AvgIpc) is 2.62. The molecule has 0 aromatic heterocycles. The Balaban J connectivity index is 2.08. The Morgan fingerprint density at radius 3 is 2.33 bits per heavy atom. The monoisotopic (exact) mass is 414 g/mol. The molecule has 1 aromatic rings. The van der Waals surface area contributed by atoms with Crippen LogP contribution >= 0.6 is 0 Å². The van der Waals surface area contributed by atoms with Crippen LogP contribution in [0.3, 0.4) is 0 Å². The van der Waals surface area contributed by atoms with Crippen molar-refractivity contribution in [1.29, 1.82) is 0 Å². The van der Waals surface area contributed by atoms with Crippen LogP contribution < -0.4 is 9.47 Å². The van der Waals surface area contributed by atoms with Crippen molar-refractivity contribution < 1.29 is 28.6 Å². The van der Waals surface area contributed by atoms with Gasteiger partial charge in [-0.15, -0.1) is 0 Å². The molecule has 5 rings (SSSR count). The lowest BCUT2D eigenvalue weighted by molar-refractivity contribution is -0.185. The van der Waals surface area contributed by atoms with Crippen molar-refractivity contribution in [2.75, 3.05) is 0 Å². The molecule has 0 unspecified atom stereocenters. The summed E-state index contributed by atoms with van der Waals surface area (Å²) in [5.41, 5.74) is 1.41. The number of rotatable bonds is 3. The molecular weight excluding hydrogens is 384 g/mol. The maximum atomic E-state index is 13.4. The molecule has 0 amide bonds. The summed E-state index contributed by atoms with van der Waals surface area (Å²) < 4.78 is 17.2. The number of carbonyl (C=O) groups is 3. The van der Waals surface area contributed by atoms with Crippen LogP contribution in [0.5, 0.6) is 11.5 Å². The number of hydrogen-bond acceptors (Lipinski definition) is 6. The van der Waals surface area contributed by atoms with Gasteiger partial charge >= 0.3 is 17.9 Å². The van der Waals surface area contributed by atoms with Gasteiger partial charge in [-0.1, -0.05) is 34.1 Å². The Hall–Kier alpha value is -2.37. The van der Waals surface area contributed by atoms with Crippen LogP contribution in [-0.2, 0) is 24.5 Å². The first-order chi connectivity index (χ1) is 14.0. The standard InChI is InChI=1S/C24H30O6/c1-12(2)15-10-16-17-11-18-23(5,6)8-7-9-24(18,22(27)30-17)19(16)21(29-14(4)26)20(15)28-13(3)25/h10,12,17-18H,7-9,11H2,1-6H3/t17-,18-,24+/m0/s1. The number of hydrogen-bond donors (Lipinski definition) is 0. The van der Waals surface area contributed by atoms with Crippen molar-refractivity contribution in [3.8, 4) is 11.5 Å². The highest BCUT2D eigenvalue weighted by molar-refractivity contribution is 5.91. The summed E-state index contributed by atoms with van der Waals surface area (Å²) in [4.78, 5) is 37.4. The van der Waals surface area contributed by atoms with Crippen molar-refractivity contribution in [1.82, 2.24) is 0 Å². The lowest BCUT2D eigenvalue weighted by atomic mass is 9.47. The van der Waals surface area contributed by atoms with Crippen LogP contribution in [0.4, 0.5) is 0 Å². The van der Waals surface area contributed by atoms with E-state index in [2.05, 4.69) is 13.8 Å². The van der Waals surface area contributed by atoms with Gasteiger partial charge in [0, 0.05) is 30.5 Å². The second-order valence-corrected chi connectivity index (χ2v) is 9.93. The van der Waals surface area contributed by atoms with Gasteiger partial charge in [-0.2, -0.15) is 0 Å². The normalized spacial score (nSPS) is 28.4. The van der Waals surface area contributed by atoms with E-state index in [0.717, 1.165) is 30.4 Å². The van der Waals surface area contributed by atoms with Crippen molar-refractivity contribution in [3.05, 3.63) is 22.8 Å². The first-order valence-electron chi connectivity index (χ1n) is 10.8.